The van der Waals surface area contributed by atoms with Crippen LogP contribution >= 0.6 is 0 Å². The van der Waals surface area contributed by atoms with Crippen LogP contribution in [0.15, 0.2) is 36.5 Å². The van der Waals surface area contributed by atoms with Crippen LogP contribution in [0, 0.1) is 13.8 Å². The van der Waals surface area contributed by atoms with Gasteiger partial charge >= 0.3 is 0 Å². The van der Waals surface area contributed by atoms with Crippen LogP contribution < -0.4 is 15.0 Å². The highest BCUT2D eigenvalue weighted by molar-refractivity contribution is 5.77. The Morgan fingerprint density at radius 3 is 2.50 bits per heavy atom. The number of para-hydroxylation sites is 1. The first-order chi connectivity index (χ1) is 12.6. The van der Waals surface area contributed by atoms with Gasteiger partial charge in [-0.3, -0.25) is 4.79 Å². The molecule has 5 heteroatoms. The molecule has 0 unspecified atom stereocenters. The van der Waals surface area contributed by atoms with E-state index < -0.39 is 0 Å². The molecule has 138 valence electrons. The van der Waals surface area contributed by atoms with Gasteiger partial charge < -0.3 is 15.0 Å². The minimum Gasteiger partial charge on any atom is -0.483 e. The van der Waals surface area contributed by atoms with E-state index in [2.05, 4.69) is 15.2 Å². The molecule has 0 atom stereocenters. The van der Waals surface area contributed by atoms with Crippen molar-refractivity contribution in [3.63, 3.8) is 0 Å². The van der Waals surface area contributed by atoms with Crippen LogP contribution in [0.5, 0.6) is 5.75 Å². The molecule has 1 aromatic carbocycles. The molecule has 3 rings (SSSR count). The molecule has 2 heterocycles. The summed E-state index contributed by atoms with van der Waals surface area (Å²) in [4.78, 5) is 18.9. The van der Waals surface area contributed by atoms with Gasteiger partial charge in [0.15, 0.2) is 6.61 Å². The number of hydrogen-bond donors (Lipinski definition) is 1. The van der Waals surface area contributed by atoms with E-state index >= 15 is 0 Å². The first kappa shape index (κ1) is 18.2. The lowest BCUT2D eigenvalue weighted by molar-refractivity contribution is -0.123. The lowest BCUT2D eigenvalue weighted by Gasteiger charge is -2.27. The third kappa shape index (κ3) is 4.75. The topological polar surface area (TPSA) is 54.5 Å². The zero-order valence-corrected chi connectivity index (χ0v) is 15.6. The predicted octanol–water partition coefficient (Wildman–Crippen LogP) is 3.38. The SMILES string of the molecule is Cc1cccc(C)c1OCC(=O)NCc1ccc(N2CCCCC2)nc1. The van der Waals surface area contributed by atoms with E-state index in [1.807, 2.05) is 50.4 Å². The highest BCUT2D eigenvalue weighted by atomic mass is 16.5. The molecular weight excluding hydrogens is 326 g/mol. The molecule has 1 N–H and O–H groups in total. The number of hydrogen-bond acceptors (Lipinski definition) is 4. The van der Waals surface area contributed by atoms with Crippen LogP contribution in [0.2, 0.25) is 0 Å². The van der Waals surface area contributed by atoms with Gasteiger partial charge in [-0.05, 0) is 55.9 Å². The highest BCUT2D eigenvalue weighted by Gasteiger charge is 2.12. The maximum absolute atomic E-state index is 12.1. The Bertz CT molecular complexity index is 717. The lowest BCUT2D eigenvalue weighted by Crippen LogP contribution is -2.30. The van der Waals surface area contributed by atoms with E-state index in [1.165, 1.54) is 19.3 Å². The number of piperidine rings is 1. The largest absolute Gasteiger partial charge is 0.483 e. The number of ether oxygens (including phenoxy) is 1. The van der Waals surface area contributed by atoms with Crippen LogP contribution in [0.1, 0.15) is 36.0 Å². The van der Waals surface area contributed by atoms with Crippen molar-refractivity contribution in [2.45, 2.75) is 39.7 Å². The number of aryl methyl sites for hydroxylation is 2. The van der Waals surface area contributed by atoms with Crippen molar-refractivity contribution in [3.8, 4) is 5.75 Å². The fraction of sp³-hybridized carbons (Fsp3) is 0.429. The Morgan fingerprint density at radius 1 is 1.12 bits per heavy atom. The van der Waals surface area contributed by atoms with Crippen molar-refractivity contribution >= 4 is 11.7 Å². The molecule has 26 heavy (non-hydrogen) atoms. The number of amides is 1. The van der Waals surface area contributed by atoms with Crippen LogP contribution in [-0.2, 0) is 11.3 Å². The molecule has 1 aromatic heterocycles. The minimum absolute atomic E-state index is 0.0188. The summed E-state index contributed by atoms with van der Waals surface area (Å²) in [5, 5.41) is 2.89. The number of pyridine rings is 1. The van der Waals surface area contributed by atoms with E-state index in [1.54, 1.807) is 0 Å². The standard InChI is InChI=1S/C21H27N3O2/c1-16-7-6-8-17(2)21(16)26-15-20(25)23-14-18-9-10-19(22-13-18)24-11-4-3-5-12-24/h6-10,13H,3-5,11-12,14-15H2,1-2H3,(H,23,25). The molecule has 1 aliphatic heterocycles. The van der Waals surface area contributed by atoms with Gasteiger partial charge in [0, 0.05) is 25.8 Å². The van der Waals surface area contributed by atoms with Gasteiger partial charge in [-0.1, -0.05) is 24.3 Å². The van der Waals surface area contributed by atoms with E-state index in [4.69, 9.17) is 4.74 Å². The molecule has 1 amide bonds. The molecule has 0 bridgehead atoms. The van der Waals surface area contributed by atoms with Gasteiger partial charge in [-0.25, -0.2) is 4.98 Å². The van der Waals surface area contributed by atoms with Crippen LogP contribution in [0.25, 0.3) is 0 Å². The molecule has 1 aliphatic rings. The molecule has 5 nitrogen and oxygen atoms in total. The van der Waals surface area contributed by atoms with E-state index in [9.17, 15) is 4.79 Å². The van der Waals surface area contributed by atoms with E-state index in [0.29, 0.717) is 6.54 Å². The Kier molecular flexibility index (Phi) is 6.10. The zero-order chi connectivity index (χ0) is 18.4. The maximum Gasteiger partial charge on any atom is 0.258 e. The molecule has 0 saturated carbocycles. The van der Waals surface area contributed by atoms with Gasteiger partial charge in [0.1, 0.15) is 11.6 Å². The monoisotopic (exact) mass is 353 g/mol. The van der Waals surface area contributed by atoms with Crippen molar-refractivity contribution < 1.29 is 9.53 Å². The molecule has 1 fully saturated rings. The number of aromatic nitrogens is 1. The van der Waals surface area contributed by atoms with Crippen molar-refractivity contribution in [2.24, 2.45) is 0 Å². The summed E-state index contributed by atoms with van der Waals surface area (Å²) in [7, 11) is 0. The number of anilines is 1. The average molecular weight is 353 g/mol. The normalized spacial score (nSPS) is 14.2. The lowest BCUT2D eigenvalue weighted by atomic mass is 10.1. The second-order valence-electron chi connectivity index (χ2n) is 6.86. The average Bonchev–Trinajstić information content (AvgIpc) is 2.67. The number of carbonyl (C=O) groups is 1. The molecule has 1 saturated heterocycles. The fourth-order valence-electron chi connectivity index (χ4n) is 3.25. The summed E-state index contributed by atoms with van der Waals surface area (Å²) in [6, 6.07) is 10.0. The van der Waals surface area contributed by atoms with Crippen molar-refractivity contribution in [2.75, 3.05) is 24.6 Å². The summed E-state index contributed by atoms with van der Waals surface area (Å²) in [6.45, 7) is 6.61. The summed E-state index contributed by atoms with van der Waals surface area (Å²) in [5.74, 6) is 1.68. The van der Waals surface area contributed by atoms with Gasteiger partial charge in [-0.15, -0.1) is 0 Å². The Labute approximate surface area is 155 Å². The first-order valence-electron chi connectivity index (χ1n) is 9.29. The van der Waals surface area contributed by atoms with Crippen LogP contribution in [0.4, 0.5) is 5.82 Å². The number of nitrogens with one attached hydrogen (secondary N) is 1. The number of benzene rings is 1. The second-order valence-corrected chi connectivity index (χ2v) is 6.86. The number of rotatable bonds is 6. The summed E-state index contributed by atoms with van der Waals surface area (Å²) >= 11 is 0. The molecule has 2 aromatic rings. The molecule has 0 aliphatic carbocycles. The number of nitrogens with zero attached hydrogens (tertiary/aromatic N) is 2. The third-order valence-electron chi connectivity index (χ3n) is 4.74. The van der Waals surface area contributed by atoms with Crippen molar-refractivity contribution in [1.82, 2.24) is 10.3 Å². The fourth-order valence-corrected chi connectivity index (χ4v) is 3.25. The first-order valence-corrected chi connectivity index (χ1v) is 9.29. The van der Waals surface area contributed by atoms with E-state index in [-0.39, 0.29) is 12.5 Å². The third-order valence-corrected chi connectivity index (χ3v) is 4.74. The summed E-state index contributed by atoms with van der Waals surface area (Å²) in [5.41, 5.74) is 3.07. The van der Waals surface area contributed by atoms with Crippen LogP contribution in [-0.4, -0.2) is 30.6 Å². The van der Waals surface area contributed by atoms with Crippen molar-refractivity contribution in [3.05, 3.63) is 53.2 Å². The highest BCUT2D eigenvalue weighted by Crippen LogP contribution is 2.22. The Balaban J connectivity index is 1.47. The number of carbonyl (C=O) groups excluding carboxylic acids is 1. The van der Waals surface area contributed by atoms with Gasteiger partial charge in [0.25, 0.3) is 5.91 Å². The van der Waals surface area contributed by atoms with Crippen LogP contribution in [0.3, 0.4) is 0 Å². The van der Waals surface area contributed by atoms with E-state index in [0.717, 1.165) is 41.3 Å². The smallest absolute Gasteiger partial charge is 0.258 e. The maximum atomic E-state index is 12.1. The van der Waals surface area contributed by atoms with Gasteiger partial charge in [0.05, 0.1) is 0 Å². The van der Waals surface area contributed by atoms with Gasteiger partial charge in [-0.2, -0.15) is 0 Å². The Hall–Kier alpha value is -2.56. The molecule has 0 spiro atoms. The van der Waals surface area contributed by atoms with Gasteiger partial charge in [0.2, 0.25) is 0 Å². The minimum atomic E-state index is -0.132. The quantitative estimate of drug-likeness (QED) is 0.865. The zero-order valence-electron chi connectivity index (χ0n) is 15.6. The predicted molar refractivity (Wildman–Crippen MR) is 104 cm³/mol. The summed E-state index contributed by atoms with van der Waals surface area (Å²) in [6.07, 6.45) is 5.63. The van der Waals surface area contributed by atoms with Crippen molar-refractivity contribution in [1.29, 1.82) is 0 Å². The summed E-state index contributed by atoms with van der Waals surface area (Å²) < 4.78 is 5.68. The Morgan fingerprint density at radius 2 is 1.85 bits per heavy atom. The molecule has 0 radical (unpaired) electrons. The molecular formula is C21H27N3O2. The second kappa shape index (κ2) is 8.70.